The number of hydrogen-bond acceptors (Lipinski definition) is 1. The van der Waals surface area contributed by atoms with Crippen LogP contribution >= 0.6 is 0 Å². The summed E-state index contributed by atoms with van der Waals surface area (Å²) in [6, 6.07) is 11.3. The molecule has 1 nitrogen and oxygen atoms in total. The van der Waals surface area contributed by atoms with Crippen LogP contribution in [0.3, 0.4) is 0 Å². The Morgan fingerprint density at radius 1 is 0.950 bits per heavy atom. The van der Waals surface area contributed by atoms with Crippen LogP contribution in [0.1, 0.15) is 36.5 Å². The van der Waals surface area contributed by atoms with Crippen LogP contribution in [0.2, 0.25) is 0 Å². The average Bonchev–Trinajstić information content (AvgIpc) is 2.45. The van der Waals surface area contributed by atoms with Crippen molar-refractivity contribution in [1.29, 1.82) is 0 Å². The molecule has 2 aromatic carbocycles. The predicted molar refractivity (Wildman–Crippen MR) is 70.7 cm³/mol. The molecule has 2 atom stereocenters. The van der Waals surface area contributed by atoms with Crippen LogP contribution in [0.4, 0.5) is 13.2 Å². The first-order chi connectivity index (χ1) is 9.50. The first-order valence-electron chi connectivity index (χ1n) is 6.37. The maximum absolute atomic E-state index is 13.6. The van der Waals surface area contributed by atoms with E-state index in [4.69, 9.17) is 0 Å². The third-order valence-corrected chi connectivity index (χ3v) is 3.37. The van der Waals surface area contributed by atoms with Crippen molar-refractivity contribution in [3.05, 3.63) is 71.0 Å². The molecule has 20 heavy (non-hydrogen) atoms. The minimum Gasteiger partial charge on any atom is -0.388 e. The predicted octanol–water partition coefficient (Wildman–Crippen LogP) is 4.33. The van der Waals surface area contributed by atoms with E-state index in [9.17, 15) is 18.3 Å². The van der Waals surface area contributed by atoms with Gasteiger partial charge in [-0.3, -0.25) is 0 Å². The van der Waals surface area contributed by atoms with Crippen molar-refractivity contribution >= 4 is 0 Å². The van der Waals surface area contributed by atoms with Crippen molar-refractivity contribution in [1.82, 2.24) is 0 Å². The smallest absolute Gasteiger partial charge is 0.194 e. The summed E-state index contributed by atoms with van der Waals surface area (Å²) in [4.78, 5) is 0. The molecule has 0 heterocycles. The zero-order valence-electron chi connectivity index (χ0n) is 11.0. The standard InChI is InChI=1S/C16H15F3O/c1-10(11-5-3-2-4-6-11)9-14(20)12-7-8-13(17)16(19)15(12)18/h2-8,10,14,20H,9H2,1H3. The zero-order valence-corrected chi connectivity index (χ0v) is 11.0. The highest BCUT2D eigenvalue weighted by Crippen LogP contribution is 2.30. The Bertz CT molecular complexity index is 584. The van der Waals surface area contributed by atoms with E-state index in [-0.39, 0.29) is 17.9 Å². The molecule has 0 aromatic heterocycles. The van der Waals surface area contributed by atoms with Gasteiger partial charge < -0.3 is 5.11 Å². The van der Waals surface area contributed by atoms with Gasteiger partial charge in [0.05, 0.1) is 6.10 Å². The minimum atomic E-state index is -1.55. The summed E-state index contributed by atoms with van der Waals surface area (Å²) in [5, 5.41) is 10.0. The third-order valence-electron chi connectivity index (χ3n) is 3.37. The number of halogens is 3. The highest BCUT2D eigenvalue weighted by Gasteiger charge is 2.21. The molecule has 0 aliphatic rings. The molecular weight excluding hydrogens is 265 g/mol. The lowest BCUT2D eigenvalue weighted by Crippen LogP contribution is -2.07. The Morgan fingerprint density at radius 2 is 1.60 bits per heavy atom. The van der Waals surface area contributed by atoms with Gasteiger partial charge in [0.2, 0.25) is 0 Å². The summed E-state index contributed by atoms with van der Waals surface area (Å²) >= 11 is 0. The fourth-order valence-electron chi connectivity index (χ4n) is 2.18. The van der Waals surface area contributed by atoms with Crippen LogP contribution in [0.5, 0.6) is 0 Å². The first kappa shape index (κ1) is 14.6. The van der Waals surface area contributed by atoms with Gasteiger partial charge in [0.25, 0.3) is 0 Å². The van der Waals surface area contributed by atoms with Gasteiger partial charge in [0.15, 0.2) is 17.5 Å². The number of aliphatic hydroxyl groups is 1. The Labute approximate surface area is 115 Å². The lowest BCUT2D eigenvalue weighted by Gasteiger charge is -2.18. The maximum atomic E-state index is 13.6. The molecule has 0 spiro atoms. The summed E-state index contributed by atoms with van der Waals surface area (Å²) < 4.78 is 39.6. The maximum Gasteiger partial charge on any atom is 0.194 e. The first-order valence-corrected chi connectivity index (χ1v) is 6.37. The second-order valence-corrected chi connectivity index (χ2v) is 4.83. The highest BCUT2D eigenvalue weighted by molar-refractivity contribution is 5.24. The molecule has 4 heteroatoms. The van der Waals surface area contributed by atoms with Crippen LogP contribution < -0.4 is 0 Å². The van der Waals surface area contributed by atoms with Gasteiger partial charge in [-0.2, -0.15) is 0 Å². The molecule has 1 N–H and O–H groups in total. The Kier molecular flexibility index (Phi) is 4.45. The van der Waals surface area contributed by atoms with Gasteiger partial charge in [-0.15, -0.1) is 0 Å². The SMILES string of the molecule is CC(CC(O)c1ccc(F)c(F)c1F)c1ccccc1. The highest BCUT2D eigenvalue weighted by atomic mass is 19.2. The molecule has 106 valence electrons. The van der Waals surface area contributed by atoms with Gasteiger partial charge in [-0.05, 0) is 24.0 Å². The van der Waals surface area contributed by atoms with E-state index >= 15 is 0 Å². The molecule has 0 saturated carbocycles. The van der Waals surface area contributed by atoms with Crippen molar-refractivity contribution in [2.24, 2.45) is 0 Å². The van der Waals surface area contributed by atoms with Gasteiger partial charge in [0.1, 0.15) is 0 Å². The molecule has 2 unspecified atom stereocenters. The van der Waals surface area contributed by atoms with Crippen LogP contribution in [0.25, 0.3) is 0 Å². The molecule has 0 fully saturated rings. The van der Waals surface area contributed by atoms with E-state index in [0.717, 1.165) is 17.7 Å². The van der Waals surface area contributed by atoms with Gasteiger partial charge in [-0.1, -0.05) is 43.3 Å². The van der Waals surface area contributed by atoms with Gasteiger partial charge in [0, 0.05) is 5.56 Å². The largest absolute Gasteiger partial charge is 0.388 e. The third kappa shape index (κ3) is 3.02. The second kappa shape index (κ2) is 6.09. The van der Waals surface area contributed by atoms with E-state index in [1.807, 2.05) is 37.3 Å². The monoisotopic (exact) mass is 280 g/mol. The fraction of sp³-hybridized carbons (Fsp3) is 0.250. The lowest BCUT2D eigenvalue weighted by molar-refractivity contribution is 0.153. The summed E-state index contributed by atoms with van der Waals surface area (Å²) in [6.45, 7) is 1.89. The Balaban J connectivity index is 2.17. The molecule has 0 saturated heterocycles. The van der Waals surface area contributed by atoms with Crippen molar-refractivity contribution in [3.8, 4) is 0 Å². The molecule has 0 radical (unpaired) electrons. The molecule has 2 aromatic rings. The summed E-state index contributed by atoms with van der Waals surface area (Å²) in [5.74, 6) is -4.15. The fourth-order valence-corrected chi connectivity index (χ4v) is 2.18. The summed E-state index contributed by atoms with van der Waals surface area (Å²) in [5.41, 5.74) is 0.779. The van der Waals surface area contributed by atoms with E-state index in [1.165, 1.54) is 0 Å². The Morgan fingerprint density at radius 3 is 2.25 bits per heavy atom. The molecular formula is C16H15F3O. The Hall–Kier alpha value is -1.81. The van der Waals surface area contributed by atoms with Crippen molar-refractivity contribution < 1.29 is 18.3 Å². The normalized spacial score (nSPS) is 14.1. The van der Waals surface area contributed by atoms with E-state index in [1.54, 1.807) is 0 Å². The number of rotatable bonds is 4. The molecule has 0 amide bonds. The van der Waals surface area contributed by atoms with Crippen molar-refractivity contribution in [2.75, 3.05) is 0 Å². The minimum absolute atomic E-state index is 0.0290. The van der Waals surface area contributed by atoms with Crippen LogP contribution in [-0.4, -0.2) is 5.11 Å². The molecule has 0 bridgehead atoms. The van der Waals surface area contributed by atoms with E-state index in [2.05, 4.69) is 0 Å². The topological polar surface area (TPSA) is 20.2 Å². The van der Waals surface area contributed by atoms with Gasteiger partial charge >= 0.3 is 0 Å². The molecule has 2 rings (SSSR count). The van der Waals surface area contributed by atoms with Gasteiger partial charge in [-0.25, -0.2) is 13.2 Å². The number of aliphatic hydroxyl groups excluding tert-OH is 1. The van der Waals surface area contributed by atoms with Crippen LogP contribution in [0, 0.1) is 17.5 Å². The van der Waals surface area contributed by atoms with E-state index < -0.39 is 23.6 Å². The van der Waals surface area contributed by atoms with Crippen molar-refractivity contribution in [2.45, 2.75) is 25.4 Å². The van der Waals surface area contributed by atoms with E-state index in [0.29, 0.717) is 0 Å². The average molecular weight is 280 g/mol. The van der Waals surface area contributed by atoms with Crippen LogP contribution in [0.15, 0.2) is 42.5 Å². The zero-order chi connectivity index (χ0) is 14.7. The second-order valence-electron chi connectivity index (χ2n) is 4.83. The van der Waals surface area contributed by atoms with Crippen molar-refractivity contribution in [3.63, 3.8) is 0 Å². The lowest BCUT2D eigenvalue weighted by atomic mass is 9.92. The summed E-state index contributed by atoms with van der Waals surface area (Å²) in [6.07, 6.45) is -0.952. The molecule has 0 aliphatic heterocycles. The number of benzene rings is 2. The quantitative estimate of drug-likeness (QED) is 0.826. The molecule has 0 aliphatic carbocycles. The van der Waals surface area contributed by atoms with Crippen LogP contribution in [-0.2, 0) is 0 Å². The summed E-state index contributed by atoms with van der Waals surface area (Å²) in [7, 11) is 0. The number of hydrogen-bond donors (Lipinski definition) is 1.